The molecule has 0 aliphatic rings. The van der Waals surface area contributed by atoms with E-state index in [1.165, 1.54) is 7.11 Å². The van der Waals surface area contributed by atoms with Crippen LogP contribution < -0.4 is 5.43 Å². The van der Waals surface area contributed by atoms with E-state index >= 15 is 0 Å². The summed E-state index contributed by atoms with van der Waals surface area (Å²) in [7, 11) is 1.49. The van der Waals surface area contributed by atoms with Gasteiger partial charge in [0.05, 0.1) is 6.21 Å². The maximum atomic E-state index is 12.0. The molecule has 0 saturated carbocycles. The van der Waals surface area contributed by atoms with Gasteiger partial charge in [0.2, 0.25) is 0 Å². The van der Waals surface area contributed by atoms with Gasteiger partial charge in [0.25, 0.3) is 5.91 Å². The maximum absolute atomic E-state index is 12.0. The molecule has 0 bridgehead atoms. The number of hydrogen-bond acceptors (Lipinski definition) is 3. The average molecular weight is 303 g/mol. The SMILES string of the molecule is CO[C@H](C(=O)N/N=C\c1ccc(Cl)cc1)c1ccccc1. The molecule has 1 amide bonds. The van der Waals surface area contributed by atoms with Gasteiger partial charge in [0.1, 0.15) is 0 Å². The van der Waals surface area contributed by atoms with E-state index in [9.17, 15) is 4.79 Å². The molecule has 4 nitrogen and oxygen atoms in total. The number of ether oxygens (including phenoxy) is 1. The number of benzene rings is 2. The standard InChI is InChI=1S/C16H15ClN2O2/c1-21-15(13-5-3-2-4-6-13)16(20)19-18-11-12-7-9-14(17)10-8-12/h2-11,15H,1H3,(H,19,20)/b18-11-/t15-/m0/s1. The average Bonchev–Trinajstić information content (AvgIpc) is 2.51. The number of nitrogens with one attached hydrogen (secondary N) is 1. The summed E-state index contributed by atoms with van der Waals surface area (Å²) in [5, 5.41) is 4.57. The van der Waals surface area contributed by atoms with E-state index in [0.29, 0.717) is 5.02 Å². The van der Waals surface area contributed by atoms with E-state index in [1.54, 1.807) is 18.3 Å². The van der Waals surface area contributed by atoms with Crippen molar-refractivity contribution in [3.05, 3.63) is 70.7 Å². The molecule has 0 radical (unpaired) electrons. The Morgan fingerprint density at radius 3 is 2.48 bits per heavy atom. The maximum Gasteiger partial charge on any atom is 0.273 e. The lowest BCUT2D eigenvalue weighted by Crippen LogP contribution is -2.26. The molecule has 0 spiro atoms. The minimum atomic E-state index is -0.687. The lowest BCUT2D eigenvalue weighted by atomic mass is 10.1. The quantitative estimate of drug-likeness (QED) is 0.681. The molecule has 1 atom stereocenters. The molecule has 0 fully saturated rings. The zero-order chi connectivity index (χ0) is 15.1. The molecule has 5 heteroatoms. The zero-order valence-corrected chi connectivity index (χ0v) is 12.2. The Bertz CT molecular complexity index is 612. The van der Waals surface area contributed by atoms with Crippen LogP contribution in [0.3, 0.4) is 0 Å². The van der Waals surface area contributed by atoms with Crippen LogP contribution in [0.2, 0.25) is 5.02 Å². The first-order chi connectivity index (χ1) is 10.2. The van der Waals surface area contributed by atoms with Gasteiger partial charge in [-0.1, -0.05) is 54.1 Å². The number of halogens is 1. The van der Waals surface area contributed by atoms with Gasteiger partial charge in [-0.3, -0.25) is 4.79 Å². The van der Waals surface area contributed by atoms with E-state index in [-0.39, 0.29) is 5.91 Å². The fourth-order valence-electron chi connectivity index (χ4n) is 1.80. The van der Waals surface area contributed by atoms with Gasteiger partial charge in [-0.15, -0.1) is 0 Å². The van der Waals surface area contributed by atoms with Crippen molar-refractivity contribution < 1.29 is 9.53 Å². The Labute approximate surface area is 128 Å². The summed E-state index contributed by atoms with van der Waals surface area (Å²) in [4.78, 5) is 12.0. The van der Waals surface area contributed by atoms with E-state index < -0.39 is 6.10 Å². The molecule has 0 aromatic heterocycles. The smallest absolute Gasteiger partial charge is 0.273 e. The highest BCUT2D eigenvalue weighted by molar-refractivity contribution is 6.30. The number of rotatable bonds is 5. The van der Waals surface area contributed by atoms with Crippen molar-refractivity contribution in [1.29, 1.82) is 0 Å². The number of hydrogen-bond donors (Lipinski definition) is 1. The highest BCUT2D eigenvalue weighted by Crippen LogP contribution is 2.16. The molecule has 2 aromatic rings. The minimum absolute atomic E-state index is 0.325. The third-order valence-corrected chi connectivity index (χ3v) is 3.09. The zero-order valence-electron chi connectivity index (χ0n) is 11.5. The number of amides is 1. The molecule has 2 rings (SSSR count). The van der Waals surface area contributed by atoms with Gasteiger partial charge in [-0.2, -0.15) is 5.10 Å². The van der Waals surface area contributed by atoms with Crippen LogP contribution in [-0.2, 0) is 9.53 Å². The van der Waals surface area contributed by atoms with Crippen molar-refractivity contribution in [2.45, 2.75) is 6.10 Å². The fourth-order valence-corrected chi connectivity index (χ4v) is 1.93. The van der Waals surface area contributed by atoms with Gasteiger partial charge < -0.3 is 4.74 Å². The summed E-state index contributed by atoms with van der Waals surface area (Å²) in [6.45, 7) is 0. The Kier molecular flexibility index (Phi) is 5.49. The van der Waals surface area contributed by atoms with E-state index in [1.807, 2.05) is 42.5 Å². The van der Waals surface area contributed by atoms with Gasteiger partial charge in [0, 0.05) is 12.1 Å². The first kappa shape index (κ1) is 15.2. The predicted octanol–water partition coefficient (Wildman–Crippen LogP) is 3.18. The molecule has 0 unspecified atom stereocenters. The summed E-state index contributed by atoms with van der Waals surface area (Å²) in [6.07, 6.45) is 0.861. The number of nitrogens with zero attached hydrogens (tertiary/aromatic N) is 1. The van der Waals surface area contributed by atoms with Crippen molar-refractivity contribution in [2.24, 2.45) is 5.10 Å². The van der Waals surface area contributed by atoms with Crippen LogP contribution in [0.1, 0.15) is 17.2 Å². The molecule has 0 aliphatic carbocycles. The number of hydrazone groups is 1. The monoisotopic (exact) mass is 302 g/mol. The van der Waals surface area contributed by atoms with Gasteiger partial charge in [-0.05, 0) is 23.3 Å². The van der Waals surface area contributed by atoms with Crippen LogP contribution in [0.5, 0.6) is 0 Å². The fraction of sp³-hybridized carbons (Fsp3) is 0.125. The van der Waals surface area contributed by atoms with Gasteiger partial charge in [0.15, 0.2) is 6.10 Å². The molecular weight excluding hydrogens is 288 g/mol. The second kappa shape index (κ2) is 7.57. The molecule has 108 valence electrons. The largest absolute Gasteiger partial charge is 0.367 e. The summed E-state index contributed by atoms with van der Waals surface area (Å²) in [5.74, 6) is -0.325. The van der Waals surface area contributed by atoms with Crippen LogP contribution in [0.4, 0.5) is 0 Å². The lowest BCUT2D eigenvalue weighted by molar-refractivity contribution is -0.131. The third kappa shape index (κ3) is 4.41. The number of carbonyl (C=O) groups is 1. The Hall–Kier alpha value is -2.17. The molecular formula is C16H15ClN2O2. The van der Waals surface area contributed by atoms with Crippen molar-refractivity contribution in [2.75, 3.05) is 7.11 Å². The van der Waals surface area contributed by atoms with Crippen LogP contribution >= 0.6 is 11.6 Å². The molecule has 0 aliphatic heterocycles. The summed E-state index contributed by atoms with van der Waals surface area (Å²) >= 11 is 5.79. The van der Waals surface area contributed by atoms with Crippen molar-refractivity contribution >= 4 is 23.7 Å². The first-order valence-corrected chi connectivity index (χ1v) is 6.74. The Morgan fingerprint density at radius 1 is 1.19 bits per heavy atom. The highest BCUT2D eigenvalue weighted by Gasteiger charge is 2.18. The van der Waals surface area contributed by atoms with Crippen molar-refractivity contribution in [3.8, 4) is 0 Å². The van der Waals surface area contributed by atoms with Crippen LogP contribution in [0.15, 0.2) is 59.7 Å². The summed E-state index contributed by atoms with van der Waals surface area (Å²) in [6, 6.07) is 16.4. The van der Waals surface area contributed by atoms with Crippen LogP contribution in [0.25, 0.3) is 0 Å². The van der Waals surface area contributed by atoms with Crippen LogP contribution in [0, 0.1) is 0 Å². The first-order valence-electron chi connectivity index (χ1n) is 6.37. The van der Waals surface area contributed by atoms with Gasteiger partial charge in [-0.25, -0.2) is 5.43 Å². The normalized spacial score (nSPS) is 12.3. The minimum Gasteiger partial charge on any atom is -0.367 e. The molecule has 0 heterocycles. The van der Waals surface area contributed by atoms with E-state index in [2.05, 4.69) is 10.5 Å². The molecule has 2 aromatic carbocycles. The topological polar surface area (TPSA) is 50.7 Å². The summed E-state index contributed by atoms with van der Waals surface area (Å²) < 4.78 is 5.21. The number of methoxy groups -OCH3 is 1. The Morgan fingerprint density at radius 2 is 1.86 bits per heavy atom. The van der Waals surface area contributed by atoms with E-state index in [0.717, 1.165) is 11.1 Å². The van der Waals surface area contributed by atoms with Crippen LogP contribution in [-0.4, -0.2) is 19.2 Å². The second-order valence-corrected chi connectivity index (χ2v) is 4.75. The van der Waals surface area contributed by atoms with E-state index in [4.69, 9.17) is 16.3 Å². The predicted molar refractivity (Wildman–Crippen MR) is 83.4 cm³/mol. The Balaban J connectivity index is 1.98. The second-order valence-electron chi connectivity index (χ2n) is 4.31. The third-order valence-electron chi connectivity index (χ3n) is 2.83. The van der Waals surface area contributed by atoms with Gasteiger partial charge >= 0.3 is 0 Å². The molecule has 0 saturated heterocycles. The summed E-state index contributed by atoms with van der Waals surface area (Å²) in [5.41, 5.74) is 4.09. The number of carbonyl (C=O) groups excluding carboxylic acids is 1. The molecule has 1 N–H and O–H groups in total. The van der Waals surface area contributed by atoms with Crippen molar-refractivity contribution in [3.63, 3.8) is 0 Å². The lowest BCUT2D eigenvalue weighted by Gasteiger charge is -2.13. The highest BCUT2D eigenvalue weighted by atomic mass is 35.5. The molecule has 21 heavy (non-hydrogen) atoms. The van der Waals surface area contributed by atoms with Crippen molar-refractivity contribution in [1.82, 2.24) is 5.43 Å².